The zero-order valence-corrected chi connectivity index (χ0v) is 14.0. The van der Waals surface area contributed by atoms with Crippen LogP contribution >= 0.6 is 23.4 Å². The van der Waals surface area contributed by atoms with Crippen LogP contribution in [0.5, 0.6) is 0 Å². The van der Waals surface area contributed by atoms with E-state index in [9.17, 15) is 5.11 Å². The summed E-state index contributed by atoms with van der Waals surface area (Å²) in [6.07, 6.45) is 2.83. The minimum absolute atomic E-state index is 0.475. The lowest BCUT2D eigenvalue weighted by Crippen LogP contribution is -2.02. The summed E-state index contributed by atoms with van der Waals surface area (Å²) in [5.41, 5.74) is 1.75. The fourth-order valence-electron chi connectivity index (χ4n) is 2.16. The summed E-state index contributed by atoms with van der Waals surface area (Å²) in [7, 11) is 1.91. The molecule has 0 saturated carbocycles. The van der Waals surface area contributed by atoms with E-state index in [4.69, 9.17) is 11.6 Å². The molecule has 3 rings (SSSR count). The van der Waals surface area contributed by atoms with Crippen molar-refractivity contribution in [1.82, 2.24) is 19.7 Å². The lowest BCUT2D eigenvalue weighted by molar-refractivity contribution is 0.204. The van der Waals surface area contributed by atoms with E-state index in [1.54, 1.807) is 24.5 Å². The number of hydrogen-bond donors (Lipinski definition) is 1. The van der Waals surface area contributed by atoms with Crippen LogP contribution in [0.25, 0.3) is 11.4 Å². The molecular weight excluding hydrogens is 332 g/mol. The van der Waals surface area contributed by atoms with Gasteiger partial charge in [-0.05, 0) is 29.8 Å². The maximum Gasteiger partial charge on any atom is 0.191 e. The van der Waals surface area contributed by atoms with E-state index < -0.39 is 6.10 Å². The SMILES string of the molecule is Cn1c(SCC(O)c2cccc(Cl)c2)nnc1-c1ccncc1. The van der Waals surface area contributed by atoms with Gasteiger partial charge in [-0.3, -0.25) is 4.98 Å². The van der Waals surface area contributed by atoms with Crippen LogP contribution in [-0.4, -0.2) is 30.6 Å². The first kappa shape index (κ1) is 16.0. The Kier molecular flexibility index (Phi) is 4.95. The van der Waals surface area contributed by atoms with Gasteiger partial charge in [-0.15, -0.1) is 10.2 Å². The summed E-state index contributed by atoms with van der Waals surface area (Å²) >= 11 is 7.40. The van der Waals surface area contributed by atoms with Crippen molar-refractivity contribution < 1.29 is 5.11 Å². The highest BCUT2D eigenvalue weighted by Gasteiger charge is 2.14. The van der Waals surface area contributed by atoms with Crippen molar-refractivity contribution in [2.24, 2.45) is 7.05 Å². The molecule has 3 aromatic rings. The van der Waals surface area contributed by atoms with Crippen molar-refractivity contribution in [3.63, 3.8) is 0 Å². The third-order valence-electron chi connectivity index (χ3n) is 3.38. The van der Waals surface area contributed by atoms with E-state index in [0.29, 0.717) is 10.8 Å². The molecule has 0 radical (unpaired) electrons. The summed E-state index contributed by atoms with van der Waals surface area (Å²) in [5.74, 6) is 1.25. The van der Waals surface area contributed by atoms with Crippen LogP contribution in [0.3, 0.4) is 0 Å². The maximum atomic E-state index is 10.3. The third-order valence-corrected chi connectivity index (χ3v) is 4.71. The van der Waals surface area contributed by atoms with Gasteiger partial charge in [0, 0.05) is 35.8 Å². The molecule has 7 heteroatoms. The van der Waals surface area contributed by atoms with Crippen molar-refractivity contribution in [3.05, 3.63) is 59.4 Å². The largest absolute Gasteiger partial charge is 0.388 e. The normalized spacial score (nSPS) is 12.3. The lowest BCUT2D eigenvalue weighted by Gasteiger charge is -2.10. The fraction of sp³-hybridized carbons (Fsp3) is 0.188. The van der Waals surface area contributed by atoms with E-state index in [0.717, 1.165) is 22.1 Å². The van der Waals surface area contributed by atoms with Crippen LogP contribution in [0, 0.1) is 0 Å². The molecule has 1 atom stereocenters. The number of aliphatic hydroxyl groups excluding tert-OH is 1. The van der Waals surface area contributed by atoms with Gasteiger partial charge in [-0.1, -0.05) is 35.5 Å². The average molecular weight is 347 g/mol. The molecule has 0 aliphatic heterocycles. The van der Waals surface area contributed by atoms with E-state index in [1.807, 2.05) is 35.9 Å². The summed E-state index contributed by atoms with van der Waals surface area (Å²) in [6.45, 7) is 0. The van der Waals surface area contributed by atoms with E-state index >= 15 is 0 Å². The van der Waals surface area contributed by atoms with Crippen LogP contribution in [0.15, 0.2) is 53.9 Å². The minimum Gasteiger partial charge on any atom is -0.388 e. The first-order valence-corrected chi connectivity index (χ1v) is 8.37. The van der Waals surface area contributed by atoms with Gasteiger partial charge in [0.15, 0.2) is 11.0 Å². The number of benzene rings is 1. The molecule has 0 spiro atoms. The molecule has 5 nitrogen and oxygen atoms in total. The van der Waals surface area contributed by atoms with Gasteiger partial charge in [0.2, 0.25) is 0 Å². The van der Waals surface area contributed by atoms with Crippen molar-refractivity contribution in [2.75, 3.05) is 5.75 Å². The van der Waals surface area contributed by atoms with E-state index in [-0.39, 0.29) is 0 Å². The zero-order chi connectivity index (χ0) is 16.2. The monoisotopic (exact) mass is 346 g/mol. The highest BCUT2D eigenvalue weighted by atomic mass is 35.5. The Morgan fingerprint density at radius 1 is 1.22 bits per heavy atom. The molecule has 0 aliphatic rings. The summed E-state index contributed by atoms with van der Waals surface area (Å²) in [4.78, 5) is 4.00. The Morgan fingerprint density at radius 3 is 2.74 bits per heavy atom. The van der Waals surface area contributed by atoms with E-state index in [2.05, 4.69) is 15.2 Å². The molecule has 0 bridgehead atoms. The topological polar surface area (TPSA) is 63.8 Å². The van der Waals surface area contributed by atoms with Gasteiger partial charge >= 0.3 is 0 Å². The van der Waals surface area contributed by atoms with Crippen LogP contribution in [0.2, 0.25) is 5.02 Å². The van der Waals surface area contributed by atoms with Gasteiger partial charge in [0.25, 0.3) is 0 Å². The first-order valence-electron chi connectivity index (χ1n) is 7.01. The standard InChI is InChI=1S/C16H15ClN4OS/c1-21-15(11-5-7-18-8-6-11)19-20-16(21)23-10-14(22)12-3-2-4-13(17)9-12/h2-9,14,22H,10H2,1H3. The predicted molar refractivity (Wildman–Crippen MR) is 91.4 cm³/mol. The first-order chi connectivity index (χ1) is 11.1. The van der Waals surface area contributed by atoms with Crippen LogP contribution in [-0.2, 0) is 7.05 Å². The van der Waals surface area contributed by atoms with Gasteiger partial charge in [0.05, 0.1) is 6.10 Å². The van der Waals surface area contributed by atoms with Crippen molar-refractivity contribution in [3.8, 4) is 11.4 Å². The van der Waals surface area contributed by atoms with Crippen molar-refractivity contribution in [2.45, 2.75) is 11.3 Å². The molecule has 2 heterocycles. The highest BCUT2D eigenvalue weighted by molar-refractivity contribution is 7.99. The molecule has 0 fully saturated rings. The van der Waals surface area contributed by atoms with E-state index in [1.165, 1.54) is 11.8 Å². The van der Waals surface area contributed by atoms with Crippen molar-refractivity contribution in [1.29, 1.82) is 0 Å². The molecule has 1 N–H and O–H groups in total. The number of hydrogen-bond acceptors (Lipinski definition) is 5. The number of halogens is 1. The van der Waals surface area contributed by atoms with Crippen LogP contribution in [0.1, 0.15) is 11.7 Å². The maximum absolute atomic E-state index is 10.3. The average Bonchev–Trinajstić information content (AvgIpc) is 2.94. The predicted octanol–water partition coefficient (Wildman–Crippen LogP) is 3.36. The minimum atomic E-state index is -0.611. The summed E-state index contributed by atoms with van der Waals surface area (Å²) in [5, 5.41) is 20.0. The number of rotatable bonds is 5. The second-order valence-corrected chi connectivity index (χ2v) is 6.41. The second kappa shape index (κ2) is 7.12. The number of pyridine rings is 1. The van der Waals surface area contributed by atoms with Crippen LogP contribution < -0.4 is 0 Å². The van der Waals surface area contributed by atoms with Gasteiger partial charge in [0.1, 0.15) is 0 Å². The Labute approximate surface area is 143 Å². The molecule has 1 unspecified atom stereocenters. The number of aromatic nitrogens is 4. The van der Waals surface area contributed by atoms with Gasteiger partial charge in [-0.25, -0.2) is 0 Å². The molecule has 23 heavy (non-hydrogen) atoms. The van der Waals surface area contributed by atoms with Crippen LogP contribution in [0.4, 0.5) is 0 Å². The second-order valence-electron chi connectivity index (χ2n) is 4.98. The van der Waals surface area contributed by atoms with Crippen molar-refractivity contribution >= 4 is 23.4 Å². The Bertz CT molecular complexity index is 794. The lowest BCUT2D eigenvalue weighted by atomic mass is 10.1. The fourth-order valence-corrected chi connectivity index (χ4v) is 3.23. The zero-order valence-electron chi connectivity index (χ0n) is 12.4. The third kappa shape index (κ3) is 3.72. The number of aliphatic hydroxyl groups is 1. The number of thioether (sulfide) groups is 1. The summed E-state index contributed by atoms with van der Waals surface area (Å²) in [6, 6.07) is 11.0. The van der Waals surface area contributed by atoms with Gasteiger partial charge in [-0.2, -0.15) is 0 Å². The quantitative estimate of drug-likeness (QED) is 0.718. The van der Waals surface area contributed by atoms with Gasteiger partial charge < -0.3 is 9.67 Å². The number of nitrogens with zero attached hydrogens (tertiary/aromatic N) is 4. The molecule has 0 amide bonds. The molecule has 0 aliphatic carbocycles. The highest BCUT2D eigenvalue weighted by Crippen LogP contribution is 2.27. The molecule has 1 aromatic carbocycles. The smallest absolute Gasteiger partial charge is 0.191 e. The Balaban J connectivity index is 1.71. The summed E-state index contributed by atoms with van der Waals surface area (Å²) < 4.78 is 1.91. The Hall–Kier alpha value is -1.89. The molecule has 118 valence electrons. The molecule has 0 saturated heterocycles. The molecule has 2 aromatic heterocycles. The Morgan fingerprint density at radius 2 is 2.00 bits per heavy atom. The molecular formula is C16H15ClN4OS.